The highest BCUT2D eigenvalue weighted by atomic mass is 127. The highest BCUT2D eigenvalue weighted by Crippen LogP contribution is 2.10. The summed E-state index contributed by atoms with van der Waals surface area (Å²) in [5.41, 5.74) is 1.15. The van der Waals surface area contributed by atoms with Gasteiger partial charge in [0.15, 0.2) is 0 Å². The zero-order valence-corrected chi connectivity index (χ0v) is 9.65. The number of urea groups is 1. The van der Waals surface area contributed by atoms with Crippen LogP contribution in [0.3, 0.4) is 0 Å². The lowest BCUT2D eigenvalue weighted by molar-refractivity contribution is 0.245. The molecule has 1 aromatic carbocycles. The quantitative estimate of drug-likeness (QED) is 0.639. The number of nitrogens with one attached hydrogen (secondary N) is 1. The van der Waals surface area contributed by atoms with E-state index in [1.54, 1.807) is 31.3 Å². The van der Waals surface area contributed by atoms with Gasteiger partial charge in [0.25, 0.3) is 0 Å². The minimum atomic E-state index is -0.222. The molecule has 0 aliphatic heterocycles. The fraction of sp³-hybridized carbons (Fsp3) is 0.111. The first-order valence-corrected chi connectivity index (χ1v) is 4.80. The molecule has 0 bridgehead atoms. The molecule has 4 nitrogen and oxygen atoms in total. The Balaban J connectivity index is 2.78. The third kappa shape index (κ3) is 2.88. The maximum Gasteiger partial charge on any atom is 0.330 e. The van der Waals surface area contributed by atoms with Crippen LogP contribution in [0.25, 0.3) is 0 Å². The van der Waals surface area contributed by atoms with E-state index in [2.05, 4.69) is 5.32 Å². The van der Waals surface area contributed by atoms with Gasteiger partial charge in [-0.05, 0) is 18.2 Å². The molecule has 0 atom stereocenters. The van der Waals surface area contributed by atoms with E-state index >= 15 is 0 Å². The van der Waals surface area contributed by atoms with Crippen molar-refractivity contribution in [2.75, 3.05) is 12.4 Å². The van der Waals surface area contributed by atoms with Gasteiger partial charge in [-0.3, -0.25) is 3.11 Å². The second-order valence-electron chi connectivity index (χ2n) is 2.60. The molecule has 0 radical (unpaired) electrons. The van der Waals surface area contributed by atoms with Crippen LogP contribution in [0.4, 0.5) is 10.5 Å². The Morgan fingerprint density at radius 2 is 2.36 bits per heavy atom. The molecule has 0 aromatic heterocycles. The Kier molecular flexibility index (Phi) is 3.71. The molecule has 5 heteroatoms. The number of nitrogens with zero attached hydrogens (tertiary/aromatic N) is 2. The molecule has 0 saturated carbocycles. The van der Waals surface area contributed by atoms with E-state index in [1.807, 2.05) is 28.9 Å². The van der Waals surface area contributed by atoms with E-state index < -0.39 is 0 Å². The lowest BCUT2D eigenvalue weighted by Crippen LogP contribution is -2.22. The number of amides is 2. The lowest BCUT2D eigenvalue weighted by Gasteiger charge is -2.09. The van der Waals surface area contributed by atoms with Crippen LogP contribution in [-0.4, -0.2) is 16.2 Å². The maximum atomic E-state index is 11.2. The van der Waals surface area contributed by atoms with E-state index in [-0.39, 0.29) is 6.03 Å². The SMILES string of the molecule is CN(I)C(=O)Nc1cccc(C#N)c1. The number of halogens is 1. The minimum absolute atomic E-state index is 0.222. The third-order valence-electron chi connectivity index (χ3n) is 1.52. The monoisotopic (exact) mass is 301 g/mol. The zero-order valence-electron chi connectivity index (χ0n) is 7.49. The van der Waals surface area contributed by atoms with Crippen molar-refractivity contribution in [3.8, 4) is 6.07 Å². The molecule has 0 aliphatic rings. The number of carbonyl (C=O) groups is 1. The van der Waals surface area contributed by atoms with Gasteiger partial charge in [0.05, 0.1) is 34.5 Å². The van der Waals surface area contributed by atoms with Crippen LogP contribution in [0.2, 0.25) is 0 Å². The third-order valence-corrected chi connectivity index (χ3v) is 1.96. The Labute approximate surface area is 96.0 Å². The smallest absolute Gasteiger partial charge is 0.307 e. The number of benzene rings is 1. The predicted molar refractivity (Wildman–Crippen MR) is 62.0 cm³/mol. The molecule has 72 valence electrons. The highest BCUT2D eigenvalue weighted by Gasteiger charge is 2.04. The van der Waals surface area contributed by atoms with Gasteiger partial charge in [-0.15, -0.1) is 0 Å². The Morgan fingerprint density at radius 3 is 2.93 bits per heavy atom. The molecule has 0 fully saturated rings. The van der Waals surface area contributed by atoms with Gasteiger partial charge in [-0.2, -0.15) is 5.26 Å². The zero-order chi connectivity index (χ0) is 10.6. The van der Waals surface area contributed by atoms with Gasteiger partial charge in [-0.1, -0.05) is 6.07 Å². The molecule has 0 saturated heterocycles. The summed E-state index contributed by atoms with van der Waals surface area (Å²) in [6.45, 7) is 0. The van der Waals surface area contributed by atoms with Crippen molar-refractivity contribution in [3.05, 3.63) is 29.8 Å². The second kappa shape index (κ2) is 4.81. The van der Waals surface area contributed by atoms with Crippen LogP contribution in [0.1, 0.15) is 5.56 Å². The summed E-state index contributed by atoms with van der Waals surface area (Å²) in [5.74, 6) is 0. The topological polar surface area (TPSA) is 56.1 Å². The molecule has 1 aromatic rings. The number of carbonyl (C=O) groups excluding carboxylic acids is 1. The molecule has 0 aliphatic carbocycles. The second-order valence-corrected chi connectivity index (χ2v) is 4.05. The summed E-state index contributed by atoms with van der Waals surface area (Å²) in [4.78, 5) is 11.2. The molecule has 0 heterocycles. The largest absolute Gasteiger partial charge is 0.330 e. The summed E-state index contributed by atoms with van der Waals surface area (Å²) < 4.78 is 1.40. The van der Waals surface area contributed by atoms with E-state index in [1.165, 1.54) is 3.11 Å². The molecular weight excluding hydrogens is 293 g/mol. The summed E-state index contributed by atoms with van der Waals surface area (Å²) in [6.07, 6.45) is 0. The van der Waals surface area contributed by atoms with E-state index in [9.17, 15) is 4.79 Å². The number of nitriles is 1. The van der Waals surface area contributed by atoms with E-state index in [0.717, 1.165) is 0 Å². The van der Waals surface area contributed by atoms with Crippen molar-refractivity contribution in [3.63, 3.8) is 0 Å². The van der Waals surface area contributed by atoms with Crippen molar-refractivity contribution in [1.29, 1.82) is 5.26 Å². The number of hydrogen-bond acceptors (Lipinski definition) is 2. The average Bonchev–Trinajstić information content (AvgIpc) is 2.18. The first-order valence-electron chi connectivity index (χ1n) is 3.84. The predicted octanol–water partition coefficient (Wildman–Crippen LogP) is 2.37. The van der Waals surface area contributed by atoms with Crippen molar-refractivity contribution in [1.82, 2.24) is 3.11 Å². The Hall–Kier alpha value is -1.29. The molecular formula is C9H8IN3O. The number of hydrogen-bond donors (Lipinski definition) is 1. The molecule has 0 unspecified atom stereocenters. The number of rotatable bonds is 1. The normalized spacial score (nSPS) is 8.93. The molecule has 14 heavy (non-hydrogen) atoms. The van der Waals surface area contributed by atoms with E-state index in [0.29, 0.717) is 11.3 Å². The Morgan fingerprint density at radius 1 is 1.64 bits per heavy atom. The van der Waals surface area contributed by atoms with Crippen LogP contribution in [0.5, 0.6) is 0 Å². The van der Waals surface area contributed by atoms with Gasteiger partial charge in [0.2, 0.25) is 0 Å². The van der Waals surface area contributed by atoms with Crippen molar-refractivity contribution in [2.24, 2.45) is 0 Å². The van der Waals surface area contributed by atoms with Gasteiger partial charge in [0.1, 0.15) is 0 Å². The summed E-state index contributed by atoms with van der Waals surface area (Å²) in [5, 5.41) is 11.3. The summed E-state index contributed by atoms with van der Waals surface area (Å²) in [6, 6.07) is 8.55. The van der Waals surface area contributed by atoms with Crippen molar-refractivity contribution >= 4 is 34.6 Å². The first-order chi connectivity index (χ1) is 6.63. The van der Waals surface area contributed by atoms with Gasteiger partial charge in [-0.25, -0.2) is 4.79 Å². The maximum absolute atomic E-state index is 11.2. The first kappa shape index (κ1) is 10.8. The average molecular weight is 301 g/mol. The number of anilines is 1. The summed E-state index contributed by atoms with van der Waals surface area (Å²) >= 11 is 1.87. The van der Waals surface area contributed by atoms with Crippen molar-refractivity contribution in [2.45, 2.75) is 0 Å². The van der Waals surface area contributed by atoms with E-state index in [4.69, 9.17) is 5.26 Å². The fourth-order valence-electron chi connectivity index (χ4n) is 0.867. The van der Waals surface area contributed by atoms with Crippen LogP contribution in [0.15, 0.2) is 24.3 Å². The van der Waals surface area contributed by atoms with Crippen LogP contribution in [-0.2, 0) is 0 Å². The summed E-state index contributed by atoms with van der Waals surface area (Å²) in [7, 11) is 1.64. The lowest BCUT2D eigenvalue weighted by atomic mass is 10.2. The standard InChI is InChI=1S/C9H8IN3O/c1-13(10)9(14)12-8-4-2-3-7(5-8)6-11/h2-5H,1H3,(H,12,14). The molecule has 1 rings (SSSR count). The molecule has 1 N–H and O–H groups in total. The van der Waals surface area contributed by atoms with Crippen LogP contribution >= 0.6 is 22.9 Å². The van der Waals surface area contributed by atoms with Crippen LogP contribution in [0, 0.1) is 11.3 Å². The highest BCUT2D eigenvalue weighted by molar-refractivity contribution is 14.1. The molecule has 2 amide bonds. The fourth-order valence-corrected chi connectivity index (χ4v) is 0.988. The van der Waals surface area contributed by atoms with Gasteiger partial charge < -0.3 is 5.32 Å². The minimum Gasteiger partial charge on any atom is -0.307 e. The van der Waals surface area contributed by atoms with Gasteiger partial charge >= 0.3 is 6.03 Å². The Bertz CT molecular complexity index is 384. The van der Waals surface area contributed by atoms with Crippen molar-refractivity contribution < 1.29 is 4.79 Å². The molecule has 0 spiro atoms. The van der Waals surface area contributed by atoms with Crippen LogP contribution < -0.4 is 5.32 Å². The van der Waals surface area contributed by atoms with Gasteiger partial charge in [0, 0.05) is 12.7 Å².